The lowest BCUT2D eigenvalue weighted by Gasteiger charge is -2.26. The molecule has 0 aliphatic carbocycles. The van der Waals surface area contributed by atoms with Crippen molar-refractivity contribution in [2.24, 2.45) is 5.41 Å². The first kappa shape index (κ1) is 17.4. The van der Waals surface area contributed by atoms with Gasteiger partial charge < -0.3 is 15.0 Å². The number of nitrogens with zero attached hydrogens (tertiary/aromatic N) is 1. The summed E-state index contributed by atoms with van der Waals surface area (Å²) in [5, 5.41) is 3.56. The van der Waals surface area contributed by atoms with Gasteiger partial charge in [0.15, 0.2) is 0 Å². The minimum absolute atomic E-state index is 0.104. The van der Waals surface area contributed by atoms with E-state index in [1.165, 1.54) is 0 Å². The van der Waals surface area contributed by atoms with Crippen LogP contribution in [0.3, 0.4) is 0 Å². The average molecular weight is 284 g/mol. The molecule has 1 heterocycles. The van der Waals surface area contributed by atoms with Gasteiger partial charge >= 0.3 is 0 Å². The molecule has 118 valence electrons. The van der Waals surface area contributed by atoms with Gasteiger partial charge in [-0.15, -0.1) is 0 Å². The van der Waals surface area contributed by atoms with Crippen molar-refractivity contribution in [1.82, 2.24) is 10.2 Å². The van der Waals surface area contributed by atoms with Crippen LogP contribution in [-0.4, -0.2) is 48.7 Å². The fraction of sp³-hybridized carbons (Fsp3) is 0.938. The van der Waals surface area contributed by atoms with E-state index >= 15 is 0 Å². The van der Waals surface area contributed by atoms with Crippen molar-refractivity contribution < 1.29 is 9.53 Å². The van der Waals surface area contributed by atoms with E-state index in [9.17, 15) is 4.79 Å². The van der Waals surface area contributed by atoms with Crippen molar-refractivity contribution in [3.8, 4) is 0 Å². The molecule has 1 aliphatic heterocycles. The Bertz CT molecular complexity index is 315. The molecule has 0 aromatic heterocycles. The van der Waals surface area contributed by atoms with E-state index in [-0.39, 0.29) is 23.5 Å². The SMILES string of the molecule is CC(C)(C)CCOCC(=O)N1CC[C@@H](NC(C)(C)C)C1. The standard InChI is InChI=1S/C16H32N2O2/c1-15(2,3)8-10-20-12-14(19)18-9-7-13(11-18)17-16(4,5)6/h13,17H,7-12H2,1-6H3/t13-/m1/s1. The third-order valence-electron chi connectivity index (χ3n) is 3.40. The summed E-state index contributed by atoms with van der Waals surface area (Å²) in [5.74, 6) is 0.122. The number of hydrogen-bond acceptors (Lipinski definition) is 3. The monoisotopic (exact) mass is 284 g/mol. The molecule has 0 spiro atoms. The molecule has 1 aliphatic rings. The van der Waals surface area contributed by atoms with Crippen LogP contribution in [-0.2, 0) is 9.53 Å². The molecule has 1 amide bonds. The van der Waals surface area contributed by atoms with E-state index in [4.69, 9.17) is 4.74 Å². The van der Waals surface area contributed by atoms with Crippen LogP contribution in [0.2, 0.25) is 0 Å². The van der Waals surface area contributed by atoms with Crippen LogP contribution in [0.25, 0.3) is 0 Å². The molecule has 0 aromatic carbocycles. The van der Waals surface area contributed by atoms with Crippen molar-refractivity contribution in [1.29, 1.82) is 0 Å². The maximum absolute atomic E-state index is 12.1. The molecule has 4 nitrogen and oxygen atoms in total. The Kier molecular flexibility index (Phi) is 6.02. The number of nitrogens with one attached hydrogen (secondary N) is 1. The molecule has 20 heavy (non-hydrogen) atoms. The second-order valence-corrected chi connectivity index (χ2v) is 8.08. The van der Waals surface area contributed by atoms with Gasteiger partial charge in [-0.2, -0.15) is 0 Å². The summed E-state index contributed by atoms with van der Waals surface area (Å²) in [6.45, 7) is 15.6. The fourth-order valence-corrected chi connectivity index (χ4v) is 2.35. The average Bonchev–Trinajstić information content (AvgIpc) is 2.68. The largest absolute Gasteiger partial charge is 0.372 e. The third kappa shape index (κ3) is 7.25. The van der Waals surface area contributed by atoms with Gasteiger partial charge in [0.05, 0.1) is 0 Å². The van der Waals surface area contributed by atoms with Crippen molar-refractivity contribution >= 4 is 5.91 Å². The van der Waals surface area contributed by atoms with Crippen molar-refractivity contribution in [3.05, 3.63) is 0 Å². The molecule has 0 bridgehead atoms. The predicted molar refractivity (Wildman–Crippen MR) is 82.8 cm³/mol. The zero-order chi connectivity index (χ0) is 15.4. The van der Waals surface area contributed by atoms with Crippen molar-refractivity contribution in [3.63, 3.8) is 0 Å². The summed E-state index contributed by atoms with van der Waals surface area (Å²) >= 11 is 0. The highest BCUT2D eigenvalue weighted by molar-refractivity contribution is 5.77. The second kappa shape index (κ2) is 6.90. The molecule has 0 unspecified atom stereocenters. The lowest BCUT2D eigenvalue weighted by Crippen LogP contribution is -2.45. The highest BCUT2D eigenvalue weighted by Crippen LogP contribution is 2.18. The van der Waals surface area contributed by atoms with Gasteiger partial charge in [-0.05, 0) is 39.0 Å². The van der Waals surface area contributed by atoms with Crippen LogP contribution in [0, 0.1) is 5.41 Å². The predicted octanol–water partition coefficient (Wildman–Crippen LogP) is 2.43. The van der Waals surface area contributed by atoms with E-state index in [1.54, 1.807) is 0 Å². The molecule has 1 rings (SSSR count). The van der Waals surface area contributed by atoms with Gasteiger partial charge in [0, 0.05) is 31.3 Å². The van der Waals surface area contributed by atoms with Gasteiger partial charge in [0.2, 0.25) is 5.91 Å². The van der Waals surface area contributed by atoms with Crippen molar-refractivity contribution in [2.75, 3.05) is 26.3 Å². The lowest BCUT2D eigenvalue weighted by atomic mass is 9.93. The first-order valence-corrected chi connectivity index (χ1v) is 7.70. The van der Waals surface area contributed by atoms with Crippen LogP contribution in [0.1, 0.15) is 54.4 Å². The van der Waals surface area contributed by atoms with Crippen LogP contribution in [0.15, 0.2) is 0 Å². The van der Waals surface area contributed by atoms with E-state index in [0.29, 0.717) is 12.6 Å². The lowest BCUT2D eigenvalue weighted by molar-refractivity contribution is -0.135. The van der Waals surface area contributed by atoms with E-state index in [2.05, 4.69) is 46.9 Å². The summed E-state index contributed by atoms with van der Waals surface area (Å²) in [6, 6.07) is 0.411. The molecule has 1 saturated heterocycles. The number of rotatable bonds is 5. The Morgan fingerprint density at radius 1 is 1.25 bits per heavy atom. The molecule has 1 fully saturated rings. The Morgan fingerprint density at radius 3 is 2.45 bits per heavy atom. The Labute approximate surface area is 124 Å². The summed E-state index contributed by atoms with van der Waals surface area (Å²) < 4.78 is 5.51. The van der Waals surface area contributed by atoms with Gasteiger partial charge in [-0.25, -0.2) is 0 Å². The normalized spacial score (nSPS) is 20.5. The number of hydrogen-bond donors (Lipinski definition) is 1. The van der Waals surface area contributed by atoms with Gasteiger partial charge in [0.1, 0.15) is 6.61 Å². The molecule has 1 N–H and O–H groups in total. The van der Waals surface area contributed by atoms with Gasteiger partial charge in [-0.1, -0.05) is 20.8 Å². The summed E-state index contributed by atoms with van der Waals surface area (Å²) in [6.07, 6.45) is 2.01. The van der Waals surface area contributed by atoms with E-state index in [0.717, 1.165) is 25.9 Å². The van der Waals surface area contributed by atoms with Crippen LogP contribution in [0.4, 0.5) is 0 Å². The summed E-state index contributed by atoms with van der Waals surface area (Å²) in [7, 11) is 0. The first-order chi connectivity index (χ1) is 9.07. The number of carbonyl (C=O) groups excluding carboxylic acids is 1. The summed E-state index contributed by atoms with van der Waals surface area (Å²) in [4.78, 5) is 14.0. The molecule has 0 aromatic rings. The highest BCUT2D eigenvalue weighted by atomic mass is 16.5. The maximum Gasteiger partial charge on any atom is 0.248 e. The number of amides is 1. The maximum atomic E-state index is 12.1. The van der Waals surface area contributed by atoms with Crippen LogP contribution < -0.4 is 5.32 Å². The Morgan fingerprint density at radius 2 is 1.90 bits per heavy atom. The smallest absolute Gasteiger partial charge is 0.248 e. The quantitative estimate of drug-likeness (QED) is 0.788. The molecule has 4 heteroatoms. The number of ether oxygens (including phenoxy) is 1. The Hall–Kier alpha value is -0.610. The Balaban J connectivity index is 2.22. The zero-order valence-electron chi connectivity index (χ0n) is 14.1. The molecule has 0 saturated carbocycles. The topological polar surface area (TPSA) is 41.6 Å². The number of carbonyl (C=O) groups is 1. The van der Waals surface area contributed by atoms with E-state index in [1.807, 2.05) is 4.90 Å². The molecular weight excluding hydrogens is 252 g/mol. The summed E-state index contributed by atoms with van der Waals surface area (Å²) in [5.41, 5.74) is 0.366. The second-order valence-electron chi connectivity index (χ2n) is 8.08. The third-order valence-corrected chi connectivity index (χ3v) is 3.40. The molecule has 1 atom stereocenters. The minimum Gasteiger partial charge on any atom is -0.372 e. The molecular formula is C16H32N2O2. The first-order valence-electron chi connectivity index (χ1n) is 7.70. The zero-order valence-corrected chi connectivity index (χ0v) is 14.1. The van der Waals surface area contributed by atoms with Gasteiger partial charge in [0.25, 0.3) is 0 Å². The highest BCUT2D eigenvalue weighted by Gasteiger charge is 2.28. The minimum atomic E-state index is 0.104. The fourth-order valence-electron chi connectivity index (χ4n) is 2.35. The van der Waals surface area contributed by atoms with E-state index < -0.39 is 0 Å². The number of likely N-dealkylation sites (tertiary alicyclic amines) is 1. The molecule has 0 radical (unpaired) electrons. The van der Waals surface area contributed by atoms with Crippen LogP contribution in [0.5, 0.6) is 0 Å². The van der Waals surface area contributed by atoms with Gasteiger partial charge in [-0.3, -0.25) is 4.79 Å². The van der Waals surface area contributed by atoms with Crippen molar-refractivity contribution in [2.45, 2.75) is 66.0 Å². The van der Waals surface area contributed by atoms with Crippen LogP contribution >= 0.6 is 0 Å².